The van der Waals surface area contributed by atoms with E-state index in [-0.39, 0.29) is 55.3 Å². The van der Waals surface area contributed by atoms with Gasteiger partial charge in [0.2, 0.25) is 5.91 Å². The van der Waals surface area contributed by atoms with Crippen molar-refractivity contribution in [3.63, 3.8) is 0 Å². The fourth-order valence-electron chi connectivity index (χ4n) is 3.38. The minimum absolute atomic E-state index is 0. The first kappa shape index (κ1) is 27.2. The molecule has 2 aliphatic heterocycles. The molecule has 3 N–H and O–H groups in total. The first-order chi connectivity index (χ1) is 12.2. The molecule has 28 heavy (non-hydrogen) atoms. The number of hydrogen-bond acceptors (Lipinski definition) is 6. The van der Waals surface area contributed by atoms with Gasteiger partial charge in [-0.1, -0.05) is 13.0 Å². The number of pyridine rings is 1. The van der Waals surface area contributed by atoms with Gasteiger partial charge in [-0.15, -0.1) is 37.2 Å². The van der Waals surface area contributed by atoms with Gasteiger partial charge in [0.15, 0.2) is 0 Å². The molecule has 0 bridgehead atoms. The Kier molecular flexibility index (Phi) is 13.0. The number of rotatable bonds is 6. The number of amides is 1. The summed E-state index contributed by atoms with van der Waals surface area (Å²) < 4.78 is 5.61. The number of likely N-dealkylation sites (N-methyl/N-ethyl adjacent to an activating group) is 1. The number of piperazine rings is 1. The Morgan fingerprint density at radius 1 is 1.21 bits per heavy atom. The molecule has 3 heterocycles. The fourth-order valence-corrected chi connectivity index (χ4v) is 3.38. The Bertz CT molecular complexity index is 571. The number of nitrogens with two attached hydrogens (primary N) is 1. The summed E-state index contributed by atoms with van der Waals surface area (Å²) in [5.74, 6) is 0.950. The molecule has 2 aliphatic rings. The van der Waals surface area contributed by atoms with Crippen LogP contribution in [0.3, 0.4) is 0 Å². The van der Waals surface area contributed by atoms with E-state index in [1.807, 2.05) is 18.3 Å². The van der Waals surface area contributed by atoms with Crippen molar-refractivity contribution < 1.29 is 9.53 Å². The zero-order chi connectivity index (χ0) is 17.6. The van der Waals surface area contributed by atoms with Gasteiger partial charge in [-0.05, 0) is 31.0 Å². The lowest BCUT2D eigenvalue weighted by Gasteiger charge is -2.34. The Balaban J connectivity index is 0.00000243. The minimum atomic E-state index is -0.365. The van der Waals surface area contributed by atoms with Crippen molar-refractivity contribution in [2.45, 2.75) is 38.5 Å². The van der Waals surface area contributed by atoms with Gasteiger partial charge in [-0.2, -0.15) is 0 Å². The molecule has 162 valence electrons. The number of carbonyl (C=O) groups excluding carboxylic acids is 1. The Morgan fingerprint density at radius 3 is 2.46 bits per heavy atom. The van der Waals surface area contributed by atoms with Crippen molar-refractivity contribution in [1.29, 1.82) is 0 Å². The van der Waals surface area contributed by atoms with Crippen LogP contribution in [-0.2, 0) is 16.1 Å². The van der Waals surface area contributed by atoms with E-state index in [1.54, 1.807) is 0 Å². The summed E-state index contributed by atoms with van der Waals surface area (Å²) in [6.07, 6.45) is 3.10. The number of carbonyl (C=O) groups is 1. The monoisotopic (exact) mass is 455 g/mol. The Morgan fingerprint density at radius 2 is 1.93 bits per heavy atom. The highest BCUT2D eigenvalue weighted by atomic mass is 35.5. The molecule has 10 heteroatoms. The number of halogens is 3. The van der Waals surface area contributed by atoms with Gasteiger partial charge in [0.05, 0.1) is 6.10 Å². The fraction of sp³-hybridized carbons (Fsp3) is 0.667. The first-order valence-corrected chi connectivity index (χ1v) is 9.25. The largest absolute Gasteiger partial charge is 0.364 e. The highest BCUT2D eigenvalue weighted by Gasteiger charge is 2.29. The van der Waals surface area contributed by atoms with Crippen LogP contribution in [0.1, 0.15) is 25.3 Å². The molecule has 0 saturated carbocycles. The SMILES string of the molecule is CCN1CCN(c2ccc(CNC(=O)[C@@H]3CC[C@H](CN)O3)cn2)CC1.Cl.Cl.Cl. The number of nitrogens with zero attached hydrogens (tertiary/aromatic N) is 3. The molecule has 0 aromatic carbocycles. The zero-order valence-electron chi connectivity index (χ0n) is 16.2. The van der Waals surface area contributed by atoms with Crippen LogP contribution in [-0.4, -0.2) is 67.3 Å². The third kappa shape index (κ3) is 7.21. The maximum Gasteiger partial charge on any atom is 0.249 e. The molecule has 0 radical (unpaired) electrons. The summed E-state index contributed by atoms with van der Waals surface area (Å²) >= 11 is 0. The summed E-state index contributed by atoms with van der Waals surface area (Å²) in [4.78, 5) is 21.5. The molecule has 2 atom stereocenters. The number of hydrogen-bond donors (Lipinski definition) is 2. The van der Waals surface area contributed by atoms with Crippen molar-refractivity contribution in [3.05, 3.63) is 23.9 Å². The van der Waals surface area contributed by atoms with Crippen LogP contribution in [0.5, 0.6) is 0 Å². The van der Waals surface area contributed by atoms with Crippen molar-refractivity contribution in [2.24, 2.45) is 5.73 Å². The highest BCUT2D eigenvalue weighted by molar-refractivity contribution is 5.86. The van der Waals surface area contributed by atoms with Gasteiger partial charge in [0.1, 0.15) is 11.9 Å². The van der Waals surface area contributed by atoms with Crippen molar-refractivity contribution >= 4 is 48.9 Å². The molecule has 1 amide bonds. The number of aromatic nitrogens is 1. The van der Waals surface area contributed by atoms with Crippen molar-refractivity contribution in [1.82, 2.24) is 15.2 Å². The molecular weight excluding hydrogens is 425 g/mol. The second kappa shape index (κ2) is 13.4. The van der Waals surface area contributed by atoms with E-state index < -0.39 is 0 Å². The third-order valence-electron chi connectivity index (χ3n) is 5.08. The predicted molar refractivity (Wildman–Crippen MR) is 119 cm³/mol. The summed E-state index contributed by atoms with van der Waals surface area (Å²) in [5.41, 5.74) is 6.58. The van der Waals surface area contributed by atoms with Gasteiger partial charge in [-0.3, -0.25) is 4.79 Å². The van der Waals surface area contributed by atoms with Crippen LogP contribution in [0.2, 0.25) is 0 Å². The van der Waals surface area contributed by atoms with E-state index in [1.165, 1.54) is 0 Å². The van der Waals surface area contributed by atoms with Crippen LogP contribution in [0, 0.1) is 0 Å². The lowest BCUT2D eigenvalue weighted by molar-refractivity contribution is -0.132. The molecule has 0 aliphatic carbocycles. The van der Waals surface area contributed by atoms with E-state index in [0.717, 1.165) is 56.9 Å². The second-order valence-corrected chi connectivity index (χ2v) is 6.72. The molecule has 0 unspecified atom stereocenters. The maximum absolute atomic E-state index is 12.1. The van der Waals surface area contributed by atoms with E-state index in [2.05, 4.69) is 27.0 Å². The van der Waals surface area contributed by atoms with E-state index in [4.69, 9.17) is 10.5 Å². The predicted octanol–water partition coefficient (Wildman–Crippen LogP) is 1.61. The Labute approximate surface area is 186 Å². The zero-order valence-corrected chi connectivity index (χ0v) is 18.7. The summed E-state index contributed by atoms with van der Waals surface area (Å²) in [6.45, 7) is 8.45. The summed E-state index contributed by atoms with van der Waals surface area (Å²) in [6, 6.07) is 4.08. The molecule has 0 spiro atoms. The minimum Gasteiger partial charge on any atom is -0.364 e. The first-order valence-electron chi connectivity index (χ1n) is 9.25. The quantitative estimate of drug-likeness (QED) is 0.677. The molecule has 2 saturated heterocycles. The van der Waals surface area contributed by atoms with Gasteiger partial charge >= 0.3 is 0 Å². The van der Waals surface area contributed by atoms with E-state index in [9.17, 15) is 4.79 Å². The van der Waals surface area contributed by atoms with Crippen molar-refractivity contribution in [3.8, 4) is 0 Å². The molecule has 7 nitrogen and oxygen atoms in total. The van der Waals surface area contributed by atoms with Gasteiger partial charge in [-0.25, -0.2) is 4.98 Å². The van der Waals surface area contributed by atoms with Crippen LogP contribution in [0.4, 0.5) is 5.82 Å². The lowest BCUT2D eigenvalue weighted by Crippen LogP contribution is -2.46. The van der Waals surface area contributed by atoms with Crippen LogP contribution in [0.25, 0.3) is 0 Å². The maximum atomic E-state index is 12.1. The average Bonchev–Trinajstić information content (AvgIpc) is 3.16. The third-order valence-corrected chi connectivity index (χ3v) is 5.08. The number of ether oxygens (including phenoxy) is 1. The van der Waals surface area contributed by atoms with Crippen LogP contribution >= 0.6 is 37.2 Å². The lowest BCUT2D eigenvalue weighted by atomic mass is 10.2. The molecule has 1 aromatic rings. The van der Waals surface area contributed by atoms with Gasteiger partial charge in [0.25, 0.3) is 0 Å². The second-order valence-electron chi connectivity index (χ2n) is 6.72. The molecule has 3 rings (SSSR count). The van der Waals surface area contributed by atoms with Gasteiger partial charge in [0, 0.05) is 45.5 Å². The topological polar surface area (TPSA) is 83.7 Å². The number of nitrogens with one attached hydrogen (secondary N) is 1. The van der Waals surface area contributed by atoms with E-state index >= 15 is 0 Å². The Hall–Kier alpha value is -0.830. The molecular formula is C18H32Cl3N5O2. The van der Waals surface area contributed by atoms with Gasteiger partial charge < -0.3 is 25.6 Å². The standard InChI is InChI=1S/C18H29N5O2.3ClH/c1-2-22-7-9-23(10-8-22)17-6-3-14(12-20-17)13-21-18(24)16-5-4-15(11-19)25-16;;;/h3,6,12,15-16H,2,4-5,7-11,13,19H2,1H3,(H,21,24);3*1H/t15-,16+;;;/m1.../s1. The molecule has 1 aromatic heterocycles. The highest BCUT2D eigenvalue weighted by Crippen LogP contribution is 2.19. The molecule has 2 fully saturated rings. The normalized spacial score (nSPS) is 21.9. The van der Waals surface area contributed by atoms with E-state index in [0.29, 0.717) is 13.1 Å². The van der Waals surface area contributed by atoms with Crippen LogP contribution < -0.4 is 16.0 Å². The van der Waals surface area contributed by atoms with Crippen molar-refractivity contribution in [2.75, 3.05) is 44.2 Å². The average molecular weight is 457 g/mol. The van der Waals surface area contributed by atoms with Crippen LogP contribution in [0.15, 0.2) is 18.3 Å². The smallest absolute Gasteiger partial charge is 0.249 e. The number of anilines is 1. The summed E-state index contributed by atoms with van der Waals surface area (Å²) in [5, 5.41) is 2.93. The summed E-state index contributed by atoms with van der Waals surface area (Å²) in [7, 11) is 0.